The van der Waals surface area contributed by atoms with E-state index in [-0.39, 0.29) is 0 Å². The summed E-state index contributed by atoms with van der Waals surface area (Å²) >= 11 is 0. The lowest BCUT2D eigenvalue weighted by molar-refractivity contribution is 0.253. The molecule has 0 aliphatic heterocycles. The van der Waals surface area contributed by atoms with E-state index in [0.29, 0.717) is 0 Å². The van der Waals surface area contributed by atoms with Crippen LogP contribution < -0.4 is 0 Å². The molecule has 5 nitrogen and oxygen atoms in total. The minimum absolute atomic E-state index is 0.483. The van der Waals surface area contributed by atoms with Crippen molar-refractivity contribution in [1.82, 2.24) is 0 Å². The van der Waals surface area contributed by atoms with Gasteiger partial charge >= 0.3 is 7.82 Å². The Hall–Kier alpha value is -0.210. The van der Waals surface area contributed by atoms with E-state index in [0.717, 1.165) is 0 Å². The van der Waals surface area contributed by atoms with Crippen molar-refractivity contribution >= 4 is 16.3 Å². The lowest BCUT2D eigenvalue weighted by Crippen LogP contribution is -1.80. The molecular weight excluding hydrogens is 166 g/mol. The molecule has 0 amide bonds. The van der Waals surface area contributed by atoms with Crippen LogP contribution in [0, 0.1) is 0 Å². The van der Waals surface area contributed by atoms with Crippen molar-refractivity contribution in [1.29, 1.82) is 0 Å². The summed E-state index contributed by atoms with van der Waals surface area (Å²) in [5.41, 5.74) is -0.483. The van der Waals surface area contributed by atoms with Gasteiger partial charge in [-0.05, 0) is 6.58 Å². The Balaban J connectivity index is 3.89. The van der Waals surface area contributed by atoms with Gasteiger partial charge in [-0.2, -0.15) is 0 Å². The van der Waals surface area contributed by atoms with Gasteiger partial charge in [-0.25, -0.2) is 4.57 Å². The number of rotatable bonds is 3. The van der Waals surface area contributed by atoms with Crippen LogP contribution in [-0.4, -0.2) is 9.79 Å². The molecule has 0 aromatic heterocycles. The van der Waals surface area contributed by atoms with Gasteiger partial charge in [0.15, 0.2) is 5.50 Å². The minimum Gasteiger partial charge on any atom is -0.396 e. The van der Waals surface area contributed by atoms with Crippen LogP contribution in [0.15, 0.2) is 12.1 Å². The van der Waals surface area contributed by atoms with Gasteiger partial charge < -0.3 is 4.52 Å². The lowest BCUT2D eigenvalue weighted by Gasteiger charge is -2.01. The third-order valence-electron chi connectivity index (χ3n) is 0.326. The highest BCUT2D eigenvalue weighted by molar-refractivity contribution is 7.47. The summed E-state index contributed by atoms with van der Waals surface area (Å²) in [6, 6.07) is 0. The minimum atomic E-state index is -4.54. The van der Waals surface area contributed by atoms with E-state index in [4.69, 9.17) is 9.79 Å². The van der Waals surface area contributed by atoms with E-state index in [9.17, 15) is 9.13 Å². The van der Waals surface area contributed by atoms with E-state index in [2.05, 4.69) is 11.1 Å². The Morgan fingerprint density at radius 2 is 2.11 bits per heavy atom. The first-order valence-electron chi connectivity index (χ1n) is 1.73. The Morgan fingerprint density at radius 1 is 1.67 bits per heavy atom. The van der Waals surface area contributed by atoms with Crippen molar-refractivity contribution in [2.24, 2.45) is 0 Å². The average Bonchev–Trinajstić information content (AvgIpc) is 1.62. The molecule has 0 unspecified atom stereocenters. The fraction of sp³-hybridized carbons (Fsp3) is 0. The monoisotopic (exact) mass is 170 g/mol. The first kappa shape index (κ1) is 8.79. The molecule has 0 heterocycles. The zero-order chi connectivity index (χ0) is 7.49. The summed E-state index contributed by atoms with van der Waals surface area (Å²) in [4.78, 5) is 16.0. The highest BCUT2D eigenvalue weighted by Crippen LogP contribution is 2.40. The molecule has 0 spiro atoms. The SMILES string of the molecule is C=C(OP(=O)(O)O)P=O. The van der Waals surface area contributed by atoms with Gasteiger partial charge in [0.1, 0.15) is 0 Å². The molecule has 52 valence electrons. The first-order chi connectivity index (χ1) is 3.95. The largest absolute Gasteiger partial charge is 0.525 e. The Bertz CT molecular complexity index is 168. The maximum atomic E-state index is 9.87. The molecule has 2 N–H and O–H groups in total. The Labute approximate surface area is 52.8 Å². The van der Waals surface area contributed by atoms with Crippen LogP contribution in [0.5, 0.6) is 0 Å². The van der Waals surface area contributed by atoms with Crippen LogP contribution in [0.25, 0.3) is 0 Å². The molecule has 0 atom stereocenters. The number of phosphoric ester groups is 1. The van der Waals surface area contributed by atoms with Crippen LogP contribution in [0.2, 0.25) is 0 Å². The summed E-state index contributed by atoms with van der Waals surface area (Å²) in [6.07, 6.45) is 0. The molecule has 0 aliphatic carbocycles. The standard InChI is InChI=1S/C2H4O5P2/c1-2(8-3)7-9(4,5)6/h1H2,(H2,4,5,6). The zero-order valence-electron chi connectivity index (χ0n) is 4.22. The lowest BCUT2D eigenvalue weighted by atomic mass is 11.2. The maximum absolute atomic E-state index is 9.87. The van der Waals surface area contributed by atoms with Gasteiger partial charge in [-0.3, -0.25) is 14.4 Å². The predicted octanol–water partition coefficient (Wildman–Crippen LogP) is 0.859. The maximum Gasteiger partial charge on any atom is 0.525 e. The quantitative estimate of drug-likeness (QED) is 0.484. The van der Waals surface area contributed by atoms with Gasteiger partial charge in [0.05, 0.1) is 0 Å². The molecule has 0 rings (SSSR count). The van der Waals surface area contributed by atoms with Crippen LogP contribution in [0.1, 0.15) is 0 Å². The number of hydrogen-bond donors (Lipinski definition) is 2. The molecule has 0 saturated heterocycles. The second-order valence-electron chi connectivity index (χ2n) is 1.07. The Morgan fingerprint density at radius 3 is 2.22 bits per heavy atom. The predicted molar refractivity (Wildman–Crippen MR) is 29.9 cm³/mol. The van der Waals surface area contributed by atoms with Crippen molar-refractivity contribution in [2.75, 3.05) is 0 Å². The number of hydrogen-bond acceptors (Lipinski definition) is 3. The van der Waals surface area contributed by atoms with Gasteiger partial charge in [0.2, 0.25) is 8.46 Å². The van der Waals surface area contributed by atoms with Crippen molar-refractivity contribution in [3.8, 4) is 0 Å². The second kappa shape index (κ2) is 3.08. The summed E-state index contributed by atoms with van der Waals surface area (Å²) in [5, 5.41) is 0. The molecule has 0 aliphatic rings. The molecule has 0 saturated carbocycles. The van der Waals surface area contributed by atoms with E-state index in [1.165, 1.54) is 0 Å². The Kier molecular flexibility index (Phi) is 3.01. The molecule has 0 aromatic rings. The second-order valence-corrected chi connectivity index (χ2v) is 2.91. The zero-order valence-corrected chi connectivity index (χ0v) is 6.01. The van der Waals surface area contributed by atoms with E-state index < -0.39 is 21.8 Å². The molecule has 0 aromatic carbocycles. The third-order valence-corrected chi connectivity index (χ3v) is 1.22. The first-order valence-corrected chi connectivity index (χ1v) is 4.07. The van der Waals surface area contributed by atoms with E-state index in [1.54, 1.807) is 0 Å². The van der Waals surface area contributed by atoms with Crippen LogP contribution in [0.3, 0.4) is 0 Å². The fourth-order valence-electron chi connectivity index (χ4n) is 0.154. The topological polar surface area (TPSA) is 83.8 Å². The van der Waals surface area contributed by atoms with Gasteiger partial charge in [-0.15, -0.1) is 0 Å². The smallest absolute Gasteiger partial charge is 0.396 e. The van der Waals surface area contributed by atoms with E-state index >= 15 is 0 Å². The molecule has 0 bridgehead atoms. The van der Waals surface area contributed by atoms with Crippen LogP contribution in [0.4, 0.5) is 0 Å². The van der Waals surface area contributed by atoms with Gasteiger partial charge in [0, 0.05) is 0 Å². The average molecular weight is 170 g/mol. The molecule has 0 fully saturated rings. The summed E-state index contributed by atoms with van der Waals surface area (Å²) in [5.74, 6) is 0. The summed E-state index contributed by atoms with van der Waals surface area (Å²) < 4.78 is 23.3. The van der Waals surface area contributed by atoms with Gasteiger partial charge in [0.25, 0.3) is 0 Å². The van der Waals surface area contributed by atoms with Crippen molar-refractivity contribution in [3.63, 3.8) is 0 Å². The van der Waals surface area contributed by atoms with Crippen molar-refractivity contribution in [3.05, 3.63) is 12.1 Å². The summed E-state index contributed by atoms with van der Waals surface area (Å²) in [6.45, 7) is 2.92. The highest BCUT2D eigenvalue weighted by Gasteiger charge is 2.15. The summed E-state index contributed by atoms with van der Waals surface area (Å²) in [7, 11) is -5.18. The third kappa shape index (κ3) is 5.66. The molecule has 0 radical (unpaired) electrons. The van der Waals surface area contributed by atoms with E-state index in [1.807, 2.05) is 0 Å². The fourth-order valence-corrected chi connectivity index (χ4v) is 0.881. The van der Waals surface area contributed by atoms with Crippen molar-refractivity contribution in [2.45, 2.75) is 0 Å². The molecule has 7 heteroatoms. The number of phosphoric acid groups is 1. The van der Waals surface area contributed by atoms with Crippen LogP contribution >= 0.6 is 16.3 Å². The highest BCUT2D eigenvalue weighted by atomic mass is 31.2. The van der Waals surface area contributed by atoms with Gasteiger partial charge in [-0.1, -0.05) is 0 Å². The van der Waals surface area contributed by atoms with Crippen molar-refractivity contribution < 1.29 is 23.4 Å². The molecule has 9 heavy (non-hydrogen) atoms. The van der Waals surface area contributed by atoms with Crippen LogP contribution in [-0.2, 0) is 13.7 Å². The molecular formula is C2H4O5P2. The normalized spacial score (nSPS) is 11.3.